The number of phenolic OH excluding ortho intramolecular Hbond substituents is 1. The number of methoxy groups -OCH3 is 1. The fourth-order valence-electron chi connectivity index (χ4n) is 1.86. The van der Waals surface area contributed by atoms with Gasteiger partial charge in [-0.15, -0.1) is 5.10 Å². The van der Waals surface area contributed by atoms with E-state index < -0.39 is 0 Å². The van der Waals surface area contributed by atoms with Crippen LogP contribution >= 0.6 is 0 Å². The molecule has 2 aromatic heterocycles. The van der Waals surface area contributed by atoms with E-state index in [9.17, 15) is 5.11 Å². The number of ether oxygens (including phenoxy) is 1. The number of fused-ring (bicyclic) bond motifs is 1. The summed E-state index contributed by atoms with van der Waals surface area (Å²) in [6.07, 6.45) is 1.40. The average molecular weight is 272 g/mol. The summed E-state index contributed by atoms with van der Waals surface area (Å²) >= 11 is 0. The van der Waals surface area contributed by atoms with Crippen LogP contribution in [-0.2, 0) is 6.54 Å². The predicted octanol–water partition coefficient (Wildman–Crippen LogP) is 1.07. The molecule has 3 N–H and O–H groups in total. The number of rotatable bonds is 4. The maximum absolute atomic E-state index is 10.0. The number of aromatic hydroxyl groups is 1. The topological polar surface area (TPSA) is 109 Å². The summed E-state index contributed by atoms with van der Waals surface area (Å²) in [5.41, 5.74) is 1.73. The number of phenols is 1. The van der Waals surface area contributed by atoms with Crippen molar-refractivity contribution in [2.24, 2.45) is 0 Å². The lowest BCUT2D eigenvalue weighted by atomic mass is 10.2. The molecule has 0 saturated carbocycles. The Morgan fingerprint density at radius 3 is 3.05 bits per heavy atom. The van der Waals surface area contributed by atoms with E-state index in [2.05, 4.69) is 30.7 Å². The lowest BCUT2D eigenvalue weighted by Gasteiger charge is -2.10. The SMILES string of the molecule is COc1cccc(CNc2ncnc3n[nH]nc23)c1O. The Morgan fingerprint density at radius 1 is 1.30 bits per heavy atom. The van der Waals surface area contributed by atoms with Crippen LogP contribution < -0.4 is 10.1 Å². The van der Waals surface area contributed by atoms with Gasteiger partial charge in [0.1, 0.15) is 6.33 Å². The molecule has 102 valence electrons. The first-order valence-electron chi connectivity index (χ1n) is 5.90. The summed E-state index contributed by atoms with van der Waals surface area (Å²) < 4.78 is 5.06. The number of nitrogens with zero attached hydrogens (tertiary/aromatic N) is 4. The highest BCUT2D eigenvalue weighted by atomic mass is 16.5. The number of anilines is 1. The molecule has 8 heteroatoms. The Labute approximate surface area is 113 Å². The molecule has 0 radical (unpaired) electrons. The largest absolute Gasteiger partial charge is 0.504 e. The molecule has 3 aromatic rings. The highest BCUT2D eigenvalue weighted by Crippen LogP contribution is 2.29. The second-order valence-electron chi connectivity index (χ2n) is 4.04. The molecule has 0 fully saturated rings. The maximum Gasteiger partial charge on any atom is 0.206 e. The highest BCUT2D eigenvalue weighted by molar-refractivity contribution is 5.81. The number of hydrogen-bond donors (Lipinski definition) is 3. The van der Waals surface area contributed by atoms with Crippen molar-refractivity contribution in [3.8, 4) is 11.5 Å². The quantitative estimate of drug-likeness (QED) is 0.651. The van der Waals surface area contributed by atoms with Crippen LogP contribution in [0.15, 0.2) is 24.5 Å². The van der Waals surface area contributed by atoms with E-state index in [-0.39, 0.29) is 5.75 Å². The fraction of sp³-hybridized carbons (Fsp3) is 0.167. The minimum absolute atomic E-state index is 0.105. The zero-order valence-corrected chi connectivity index (χ0v) is 10.7. The molecule has 20 heavy (non-hydrogen) atoms. The lowest BCUT2D eigenvalue weighted by molar-refractivity contribution is 0.371. The van der Waals surface area contributed by atoms with Crippen LogP contribution in [0.2, 0.25) is 0 Å². The van der Waals surface area contributed by atoms with Crippen LogP contribution in [0, 0.1) is 0 Å². The first kappa shape index (κ1) is 12.2. The van der Waals surface area contributed by atoms with Gasteiger partial charge in [-0.1, -0.05) is 12.1 Å². The van der Waals surface area contributed by atoms with Gasteiger partial charge in [0.2, 0.25) is 5.65 Å². The minimum Gasteiger partial charge on any atom is -0.504 e. The first-order chi connectivity index (χ1) is 9.79. The smallest absolute Gasteiger partial charge is 0.206 e. The Bertz CT molecular complexity index is 742. The Hall–Kier alpha value is -2.90. The molecule has 0 aliphatic carbocycles. The van der Waals surface area contributed by atoms with Gasteiger partial charge in [-0.05, 0) is 6.07 Å². The van der Waals surface area contributed by atoms with Crippen LogP contribution in [0.5, 0.6) is 11.5 Å². The van der Waals surface area contributed by atoms with Crippen LogP contribution in [-0.4, -0.2) is 37.6 Å². The van der Waals surface area contributed by atoms with Crippen molar-refractivity contribution in [2.75, 3.05) is 12.4 Å². The maximum atomic E-state index is 10.0. The molecule has 8 nitrogen and oxygen atoms in total. The van der Waals surface area contributed by atoms with Gasteiger partial charge in [-0.25, -0.2) is 9.97 Å². The summed E-state index contributed by atoms with van der Waals surface area (Å²) in [5, 5.41) is 23.5. The third-order valence-electron chi connectivity index (χ3n) is 2.87. The Morgan fingerprint density at radius 2 is 2.20 bits per heavy atom. The summed E-state index contributed by atoms with van der Waals surface area (Å²) in [6, 6.07) is 5.30. The number of hydrogen-bond acceptors (Lipinski definition) is 7. The molecular weight excluding hydrogens is 260 g/mol. The zero-order valence-electron chi connectivity index (χ0n) is 10.7. The van der Waals surface area contributed by atoms with Gasteiger partial charge in [0.15, 0.2) is 22.8 Å². The van der Waals surface area contributed by atoms with E-state index in [1.54, 1.807) is 18.2 Å². The number of benzene rings is 1. The molecule has 0 aliphatic heterocycles. The van der Waals surface area contributed by atoms with Gasteiger partial charge in [0.25, 0.3) is 0 Å². The van der Waals surface area contributed by atoms with Crippen molar-refractivity contribution in [1.29, 1.82) is 0 Å². The normalized spacial score (nSPS) is 10.7. The molecule has 0 amide bonds. The molecule has 0 spiro atoms. The molecule has 0 atom stereocenters. The Balaban J connectivity index is 1.85. The van der Waals surface area contributed by atoms with Crippen LogP contribution in [0.1, 0.15) is 5.56 Å². The molecule has 3 rings (SSSR count). The molecular formula is C12H12N6O2. The van der Waals surface area contributed by atoms with E-state index in [0.717, 1.165) is 0 Å². The molecule has 0 unspecified atom stereocenters. The molecule has 0 aliphatic rings. The van der Waals surface area contributed by atoms with Crippen LogP contribution in [0.25, 0.3) is 11.2 Å². The lowest BCUT2D eigenvalue weighted by Crippen LogP contribution is -2.03. The van der Waals surface area contributed by atoms with Crippen LogP contribution in [0.3, 0.4) is 0 Å². The summed E-state index contributed by atoms with van der Waals surface area (Å²) in [5.74, 6) is 1.08. The van der Waals surface area contributed by atoms with Gasteiger partial charge in [0.05, 0.1) is 7.11 Å². The van der Waals surface area contributed by atoms with E-state index in [0.29, 0.717) is 34.8 Å². The van der Waals surface area contributed by atoms with Gasteiger partial charge < -0.3 is 15.2 Å². The van der Waals surface area contributed by atoms with Crippen LogP contribution in [0.4, 0.5) is 5.82 Å². The predicted molar refractivity (Wildman–Crippen MR) is 71.5 cm³/mol. The van der Waals surface area contributed by atoms with E-state index in [1.165, 1.54) is 13.4 Å². The van der Waals surface area contributed by atoms with Gasteiger partial charge in [-0.3, -0.25) is 0 Å². The summed E-state index contributed by atoms with van der Waals surface area (Å²) in [6.45, 7) is 0.377. The molecule has 0 saturated heterocycles. The third-order valence-corrected chi connectivity index (χ3v) is 2.87. The van der Waals surface area contributed by atoms with Gasteiger partial charge in [-0.2, -0.15) is 10.3 Å². The standard InChI is InChI=1S/C12H12N6O2/c1-20-8-4-2-3-7(10(8)19)5-13-11-9-12(15-6-14-11)17-18-16-9/h2-4,6,19H,5H2,1H3,(H2,13,14,15,16,17,18). The number of aromatic amines is 1. The first-order valence-corrected chi connectivity index (χ1v) is 5.90. The second kappa shape index (κ2) is 5.00. The number of aromatic nitrogens is 5. The summed E-state index contributed by atoms with van der Waals surface area (Å²) in [7, 11) is 1.51. The van der Waals surface area contributed by atoms with Crippen molar-refractivity contribution < 1.29 is 9.84 Å². The second-order valence-corrected chi connectivity index (χ2v) is 4.04. The van der Waals surface area contributed by atoms with Crippen molar-refractivity contribution in [2.45, 2.75) is 6.54 Å². The van der Waals surface area contributed by atoms with Crippen molar-refractivity contribution in [1.82, 2.24) is 25.4 Å². The zero-order chi connectivity index (χ0) is 13.9. The average Bonchev–Trinajstić information content (AvgIpc) is 2.95. The van der Waals surface area contributed by atoms with E-state index in [1.807, 2.05) is 0 Å². The Kier molecular flexibility index (Phi) is 3.04. The molecule has 1 aromatic carbocycles. The van der Waals surface area contributed by atoms with E-state index >= 15 is 0 Å². The minimum atomic E-state index is 0.105. The van der Waals surface area contributed by atoms with Crippen molar-refractivity contribution >= 4 is 17.0 Å². The highest BCUT2D eigenvalue weighted by Gasteiger charge is 2.10. The van der Waals surface area contributed by atoms with Gasteiger partial charge >= 0.3 is 0 Å². The van der Waals surface area contributed by atoms with Crippen molar-refractivity contribution in [3.05, 3.63) is 30.1 Å². The van der Waals surface area contributed by atoms with Gasteiger partial charge in [0, 0.05) is 12.1 Å². The number of H-pyrrole nitrogens is 1. The third kappa shape index (κ3) is 2.07. The number of para-hydroxylation sites is 1. The van der Waals surface area contributed by atoms with E-state index in [4.69, 9.17) is 4.74 Å². The number of nitrogens with one attached hydrogen (secondary N) is 2. The van der Waals surface area contributed by atoms with Crippen molar-refractivity contribution in [3.63, 3.8) is 0 Å². The molecule has 0 bridgehead atoms. The summed E-state index contributed by atoms with van der Waals surface area (Å²) in [4.78, 5) is 8.09. The monoisotopic (exact) mass is 272 g/mol. The molecule has 2 heterocycles. The fourth-order valence-corrected chi connectivity index (χ4v) is 1.86.